The van der Waals surface area contributed by atoms with Gasteiger partial charge in [0.1, 0.15) is 0 Å². The van der Waals surface area contributed by atoms with Crippen molar-refractivity contribution in [3.05, 3.63) is 71.3 Å². The van der Waals surface area contributed by atoms with Crippen LogP contribution in [0.25, 0.3) is 21.9 Å². The van der Waals surface area contributed by atoms with E-state index in [9.17, 15) is 0 Å². The summed E-state index contributed by atoms with van der Waals surface area (Å²) in [6, 6.07) is 20.6. The SMILES string of the molecule is Cc1cccc(-c2ccc(C)c3cc(C4CCCC4)ccc23)c1. The lowest BCUT2D eigenvalue weighted by molar-refractivity contribution is 0.724. The number of hydrogen-bond acceptors (Lipinski definition) is 0. The Balaban J connectivity index is 1.88. The maximum absolute atomic E-state index is 2.46. The minimum Gasteiger partial charge on any atom is -0.0614 e. The molecule has 0 bridgehead atoms. The van der Waals surface area contributed by atoms with E-state index in [0.717, 1.165) is 5.92 Å². The molecule has 0 nitrogen and oxygen atoms in total. The van der Waals surface area contributed by atoms with Gasteiger partial charge in [0, 0.05) is 0 Å². The highest BCUT2D eigenvalue weighted by molar-refractivity contribution is 5.98. The van der Waals surface area contributed by atoms with Crippen molar-refractivity contribution in [2.24, 2.45) is 0 Å². The molecule has 0 atom stereocenters. The molecular weight excluding hydrogens is 276 g/mol. The molecule has 0 radical (unpaired) electrons. The third kappa shape index (κ3) is 2.67. The molecule has 0 aliphatic heterocycles. The van der Waals surface area contributed by atoms with Crippen molar-refractivity contribution in [2.75, 3.05) is 0 Å². The van der Waals surface area contributed by atoms with Gasteiger partial charge in [0.05, 0.1) is 0 Å². The average Bonchev–Trinajstić information content (AvgIpc) is 3.09. The lowest BCUT2D eigenvalue weighted by atomic mass is 9.90. The molecule has 116 valence electrons. The van der Waals surface area contributed by atoms with Crippen molar-refractivity contribution < 1.29 is 0 Å². The Kier molecular flexibility index (Phi) is 3.69. The highest BCUT2D eigenvalue weighted by Gasteiger charge is 2.18. The van der Waals surface area contributed by atoms with Gasteiger partial charge in [0.15, 0.2) is 0 Å². The number of rotatable bonds is 2. The summed E-state index contributed by atoms with van der Waals surface area (Å²) < 4.78 is 0. The van der Waals surface area contributed by atoms with Crippen LogP contribution in [-0.4, -0.2) is 0 Å². The number of aryl methyl sites for hydroxylation is 2. The molecule has 0 aromatic heterocycles. The van der Waals surface area contributed by atoms with Gasteiger partial charge in [-0.2, -0.15) is 0 Å². The van der Waals surface area contributed by atoms with E-state index in [-0.39, 0.29) is 0 Å². The predicted molar refractivity (Wildman–Crippen MR) is 100 cm³/mol. The van der Waals surface area contributed by atoms with Gasteiger partial charge in [-0.25, -0.2) is 0 Å². The largest absolute Gasteiger partial charge is 0.0614 e. The fourth-order valence-electron chi connectivity index (χ4n) is 4.09. The molecule has 0 amide bonds. The van der Waals surface area contributed by atoms with Gasteiger partial charge in [-0.3, -0.25) is 0 Å². The van der Waals surface area contributed by atoms with Gasteiger partial charge >= 0.3 is 0 Å². The minimum absolute atomic E-state index is 0.779. The molecule has 1 fully saturated rings. The fourth-order valence-corrected chi connectivity index (χ4v) is 4.09. The Morgan fingerprint density at radius 1 is 0.783 bits per heavy atom. The second-order valence-electron chi connectivity index (χ2n) is 7.09. The summed E-state index contributed by atoms with van der Waals surface area (Å²) in [5.74, 6) is 0.779. The number of fused-ring (bicyclic) bond motifs is 1. The molecule has 3 aromatic rings. The summed E-state index contributed by atoms with van der Waals surface area (Å²) in [5, 5.41) is 2.81. The van der Waals surface area contributed by atoms with Gasteiger partial charge < -0.3 is 0 Å². The molecule has 0 heterocycles. The van der Waals surface area contributed by atoms with Crippen LogP contribution in [0, 0.1) is 13.8 Å². The Labute approximate surface area is 139 Å². The third-order valence-corrected chi connectivity index (χ3v) is 5.41. The number of hydrogen-bond donors (Lipinski definition) is 0. The minimum atomic E-state index is 0.779. The van der Waals surface area contributed by atoms with Gasteiger partial charge in [0.25, 0.3) is 0 Å². The second-order valence-corrected chi connectivity index (χ2v) is 7.09. The lowest BCUT2D eigenvalue weighted by Crippen LogP contribution is -1.93. The first-order valence-electron chi connectivity index (χ1n) is 8.83. The summed E-state index contributed by atoms with van der Waals surface area (Å²) in [5.41, 5.74) is 6.92. The first-order chi connectivity index (χ1) is 11.2. The zero-order chi connectivity index (χ0) is 15.8. The van der Waals surface area contributed by atoms with E-state index in [2.05, 4.69) is 68.4 Å². The molecule has 0 saturated heterocycles. The topological polar surface area (TPSA) is 0 Å². The van der Waals surface area contributed by atoms with Crippen LogP contribution in [-0.2, 0) is 0 Å². The van der Waals surface area contributed by atoms with Crippen LogP contribution in [0.5, 0.6) is 0 Å². The Bertz CT molecular complexity index is 851. The van der Waals surface area contributed by atoms with Crippen LogP contribution < -0.4 is 0 Å². The molecule has 1 saturated carbocycles. The first-order valence-corrected chi connectivity index (χ1v) is 8.83. The van der Waals surface area contributed by atoms with Crippen LogP contribution in [0.1, 0.15) is 48.3 Å². The van der Waals surface area contributed by atoms with Gasteiger partial charge in [-0.15, -0.1) is 0 Å². The second kappa shape index (κ2) is 5.85. The van der Waals surface area contributed by atoms with Crippen molar-refractivity contribution in [1.82, 2.24) is 0 Å². The molecule has 1 aliphatic rings. The van der Waals surface area contributed by atoms with E-state index in [1.807, 2.05) is 0 Å². The van der Waals surface area contributed by atoms with Gasteiger partial charge in [-0.1, -0.05) is 73.0 Å². The Hall–Kier alpha value is -2.08. The maximum atomic E-state index is 2.46. The molecular formula is C23H24. The van der Waals surface area contributed by atoms with E-state index in [1.54, 1.807) is 5.56 Å². The van der Waals surface area contributed by atoms with E-state index in [4.69, 9.17) is 0 Å². The first kappa shape index (κ1) is 14.5. The van der Waals surface area contributed by atoms with Crippen LogP contribution in [0.2, 0.25) is 0 Å². The summed E-state index contributed by atoms with van der Waals surface area (Å²) in [6.45, 7) is 4.40. The normalized spacial score (nSPS) is 15.4. The lowest BCUT2D eigenvalue weighted by Gasteiger charge is -2.14. The smallest absolute Gasteiger partial charge is 0.0103 e. The van der Waals surface area contributed by atoms with Gasteiger partial charge in [-0.05, 0) is 65.6 Å². The molecule has 23 heavy (non-hydrogen) atoms. The summed E-state index contributed by atoms with van der Waals surface area (Å²) in [6.07, 6.45) is 5.51. The zero-order valence-electron chi connectivity index (χ0n) is 14.1. The van der Waals surface area contributed by atoms with Crippen LogP contribution in [0.3, 0.4) is 0 Å². The molecule has 0 heteroatoms. The van der Waals surface area contributed by atoms with Gasteiger partial charge in [0.2, 0.25) is 0 Å². The third-order valence-electron chi connectivity index (χ3n) is 5.41. The highest BCUT2D eigenvalue weighted by Crippen LogP contribution is 2.38. The molecule has 0 unspecified atom stereocenters. The zero-order valence-corrected chi connectivity index (χ0v) is 14.1. The molecule has 0 N–H and O–H groups in total. The quantitative estimate of drug-likeness (QED) is 0.489. The van der Waals surface area contributed by atoms with E-state index in [1.165, 1.54) is 58.7 Å². The summed E-state index contributed by atoms with van der Waals surface area (Å²) in [4.78, 5) is 0. The predicted octanol–water partition coefficient (Wildman–Crippen LogP) is 6.78. The molecule has 1 aliphatic carbocycles. The Morgan fingerprint density at radius 3 is 2.39 bits per heavy atom. The molecule has 3 aromatic carbocycles. The van der Waals surface area contributed by atoms with E-state index < -0.39 is 0 Å². The molecule has 4 rings (SSSR count). The Morgan fingerprint density at radius 2 is 1.61 bits per heavy atom. The van der Waals surface area contributed by atoms with E-state index >= 15 is 0 Å². The monoisotopic (exact) mass is 300 g/mol. The van der Waals surface area contributed by atoms with Crippen molar-refractivity contribution in [1.29, 1.82) is 0 Å². The summed E-state index contributed by atoms with van der Waals surface area (Å²) >= 11 is 0. The van der Waals surface area contributed by atoms with Crippen LogP contribution in [0.15, 0.2) is 54.6 Å². The highest BCUT2D eigenvalue weighted by atomic mass is 14.2. The fraction of sp³-hybridized carbons (Fsp3) is 0.304. The van der Waals surface area contributed by atoms with Crippen molar-refractivity contribution in [3.8, 4) is 11.1 Å². The average molecular weight is 300 g/mol. The molecule has 0 spiro atoms. The summed E-state index contributed by atoms with van der Waals surface area (Å²) in [7, 11) is 0. The maximum Gasteiger partial charge on any atom is -0.0103 e. The van der Waals surface area contributed by atoms with Crippen LogP contribution >= 0.6 is 0 Å². The number of benzene rings is 3. The van der Waals surface area contributed by atoms with Crippen molar-refractivity contribution in [2.45, 2.75) is 45.4 Å². The van der Waals surface area contributed by atoms with Crippen LogP contribution in [0.4, 0.5) is 0 Å². The van der Waals surface area contributed by atoms with E-state index in [0.29, 0.717) is 0 Å². The van der Waals surface area contributed by atoms with Crippen molar-refractivity contribution in [3.63, 3.8) is 0 Å². The standard InChI is InChI=1S/C23H24/c1-16-6-5-9-20(14-16)21-12-10-17(2)23-15-19(11-13-22(21)23)18-7-3-4-8-18/h5-6,9-15,18H,3-4,7-8H2,1-2H3. The van der Waals surface area contributed by atoms with Crippen molar-refractivity contribution >= 4 is 10.8 Å².